The lowest BCUT2D eigenvalue weighted by molar-refractivity contribution is -0.713. The molecule has 1 aromatic carbocycles. The number of benzene rings is 1. The molecule has 0 amide bonds. The molecule has 0 saturated heterocycles. The van der Waals surface area contributed by atoms with Gasteiger partial charge in [-0.3, -0.25) is 0 Å². The summed E-state index contributed by atoms with van der Waals surface area (Å²) >= 11 is 0. The molecule has 0 radical (unpaired) electrons. The molecule has 0 aromatic heterocycles. The average molecular weight is 250 g/mol. The van der Waals surface area contributed by atoms with Crippen LogP contribution in [0.2, 0.25) is 0 Å². The maximum atomic E-state index is 5.59. The summed E-state index contributed by atoms with van der Waals surface area (Å²) in [5.74, 6) is 0.985. The highest BCUT2D eigenvalue weighted by Crippen LogP contribution is 2.19. The van der Waals surface area contributed by atoms with Crippen LogP contribution >= 0.6 is 0 Å². The first-order valence-electron chi connectivity index (χ1n) is 6.83. The third kappa shape index (κ3) is 3.24. The summed E-state index contributed by atoms with van der Waals surface area (Å²) in [5, 5.41) is 2.41. The molecule has 18 heavy (non-hydrogen) atoms. The van der Waals surface area contributed by atoms with Gasteiger partial charge in [0, 0.05) is 19.1 Å². The fourth-order valence-corrected chi connectivity index (χ4v) is 2.84. The highest BCUT2D eigenvalue weighted by molar-refractivity contribution is 5.32. The number of para-hydroxylation sites is 1. The van der Waals surface area contributed by atoms with Gasteiger partial charge >= 0.3 is 0 Å². The summed E-state index contributed by atoms with van der Waals surface area (Å²) in [5.41, 5.74) is 1.26. The van der Waals surface area contributed by atoms with Gasteiger partial charge in [0.05, 0.1) is 7.11 Å². The van der Waals surface area contributed by atoms with Gasteiger partial charge in [0.1, 0.15) is 24.4 Å². The molecule has 1 saturated carbocycles. The van der Waals surface area contributed by atoms with Crippen LogP contribution < -0.4 is 10.1 Å². The van der Waals surface area contributed by atoms with Gasteiger partial charge in [-0.1, -0.05) is 18.6 Å². The van der Waals surface area contributed by atoms with Crippen molar-refractivity contribution in [2.45, 2.75) is 44.4 Å². The van der Waals surface area contributed by atoms with Gasteiger partial charge in [-0.05, 0) is 25.0 Å². The van der Waals surface area contributed by atoms with E-state index < -0.39 is 0 Å². The van der Waals surface area contributed by atoms with Crippen LogP contribution in [0.1, 0.15) is 31.2 Å². The molecule has 1 aromatic rings. The number of rotatable bonds is 5. The first-order chi connectivity index (χ1) is 8.85. The number of quaternary nitrogens is 1. The first-order valence-corrected chi connectivity index (χ1v) is 6.83. The quantitative estimate of drug-likeness (QED) is 0.863. The molecule has 2 rings (SSSR count). The highest BCUT2D eigenvalue weighted by Gasteiger charge is 2.27. The Morgan fingerprint density at radius 2 is 1.94 bits per heavy atom. The molecule has 0 aliphatic heterocycles. The van der Waals surface area contributed by atoms with Crippen LogP contribution in [0.5, 0.6) is 5.75 Å². The minimum absolute atomic E-state index is 0.411. The van der Waals surface area contributed by atoms with Gasteiger partial charge in [-0.2, -0.15) is 0 Å². The van der Waals surface area contributed by atoms with E-state index in [-0.39, 0.29) is 0 Å². The SMILES string of the molecule is COc1ccccc1C[NH2+][C@@H]1CCCC[C@@H]1OC. The van der Waals surface area contributed by atoms with E-state index >= 15 is 0 Å². The maximum Gasteiger partial charge on any atom is 0.127 e. The molecule has 100 valence electrons. The third-order valence-electron chi connectivity index (χ3n) is 3.89. The van der Waals surface area contributed by atoms with Crippen molar-refractivity contribution in [1.82, 2.24) is 0 Å². The molecule has 1 aliphatic rings. The number of methoxy groups -OCH3 is 2. The topological polar surface area (TPSA) is 35.1 Å². The van der Waals surface area contributed by atoms with Crippen LogP contribution in [0.4, 0.5) is 0 Å². The van der Waals surface area contributed by atoms with Crippen molar-refractivity contribution in [1.29, 1.82) is 0 Å². The molecule has 2 N–H and O–H groups in total. The van der Waals surface area contributed by atoms with Gasteiger partial charge in [0.2, 0.25) is 0 Å². The average Bonchev–Trinajstić information content (AvgIpc) is 2.45. The fourth-order valence-electron chi connectivity index (χ4n) is 2.84. The first kappa shape index (κ1) is 13.4. The second-order valence-corrected chi connectivity index (χ2v) is 4.97. The highest BCUT2D eigenvalue weighted by atomic mass is 16.5. The van der Waals surface area contributed by atoms with Gasteiger partial charge in [0.25, 0.3) is 0 Å². The zero-order valence-electron chi connectivity index (χ0n) is 11.4. The van der Waals surface area contributed by atoms with Crippen molar-refractivity contribution < 1.29 is 14.8 Å². The van der Waals surface area contributed by atoms with Crippen LogP contribution in [0.25, 0.3) is 0 Å². The molecule has 0 spiro atoms. The Morgan fingerprint density at radius 1 is 1.17 bits per heavy atom. The Balaban J connectivity index is 1.93. The molecule has 2 atom stereocenters. The van der Waals surface area contributed by atoms with Crippen molar-refractivity contribution >= 4 is 0 Å². The molecule has 3 heteroatoms. The zero-order valence-corrected chi connectivity index (χ0v) is 11.4. The lowest BCUT2D eigenvalue weighted by Crippen LogP contribution is -2.91. The molecule has 1 fully saturated rings. The van der Waals surface area contributed by atoms with Crippen LogP contribution in [0.15, 0.2) is 24.3 Å². The monoisotopic (exact) mass is 250 g/mol. The van der Waals surface area contributed by atoms with Crippen LogP contribution in [-0.4, -0.2) is 26.4 Å². The largest absolute Gasteiger partial charge is 0.496 e. The number of nitrogens with two attached hydrogens (primary N) is 1. The Hall–Kier alpha value is -1.06. The molecule has 3 nitrogen and oxygen atoms in total. The van der Waals surface area contributed by atoms with E-state index in [1.165, 1.54) is 31.2 Å². The smallest absolute Gasteiger partial charge is 0.127 e. The van der Waals surface area contributed by atoms with Crippen molar-refractivity contribution in [2.75, 3.05) is 14.2 Å². The van der Waals surface area contributed by atoms with E-state index in [1.807, 2.05) is 19.2 Å². The Bertz CT molecular complexity index is 367. The van der Waals surface area contributed by atoms with E-state index in [4.69, 9.17) is 9.47 Å². The van der Waals surface area contributed by atoms with E-state index in [0.717, 1.165) is 12.3 Å². The second-order valence-electron chi connectivity index (χ2n) is 4.97. The number of hydrogen-bond donors (Lipinski definition) is 1. The Morgan fingerprint density at radius 3 is 2.72 bits per heavy atom. The Kier molecular flexibility index (Phi) is 5.02. The van der Waals surface area contributed by atoms with Crippen LogP contribution in [0, 0.1) is 0 Å². The van der Waals surface area contributed by atoms with Crippen molar-refractivity contribution in [2.24, 2.45) is 0 Å². The molecule has 1 aliphatic carbocycles. The van der Waals surface area contributed by atoms with Crippen molar-refractivity contribution in [3.63, 3.8) is 0 Å². The lowest BCUT2D eigenvalue weighted by atomic mass is 9.92. The van der Waals surface area contributed by atoms with E-state index in [0.29, 0.717) is 12.1 Å². The standard InChI is InChI=1S/C15H23NO2/c1-17-14-9-5-3-7-12(14)11-16-13-8-4-6-10-15(13)18-2/h3,5,7,9,13,15-16H,4,6,8,10-11H2,1-2H3/p+1/t13-,15+/m1/s1. The van der Waals surface area contributed by atoms with E-state index in [9.17, 15) is 0 Å². The van der Waals surface area contributed by atoms with E-state index in [1.54, 1.807) is 7.11 Å². The summed E-state index contributed by atoms with van der Waals surface area (Å²) in [4.78, 5) is 0. The molecule has 0 heterocycles. The lowest BCUT2D eigenvalue weighted by Gasteiger charge is -2.28. The normalized spacial score (nSPS) is 23.9. The van der Waals surface area contributed by atoms with Gasteiger partial charge < -0.3 is 14.8 Å². The summed E-state index contributed by atoms with van der Waals surface area (Å²) in [6, 6.07) is 8.84. The van der Waals surface area contributed by atoms with Crippen molar-refractivity contribution in [3.05, 3.63) is 29.8 Å². The minimum atomic E-state index is 0.411. The Labute approximate surface area is 109 Å². The summed E-state index contributed by atoms with van der Waals surface area (Å²) in [6.45, 7) is 0.967. The minimum Gasteiger partial charge on any atom is -0.496 e. The third-order valence-corrected chi connectivity index (χ3v) is 3.89. The zero-order chi connectivity index (χ0) is 12.8. The summed E-state index contributed by atoms with van der Waals surface area (Å²) < 4.78 is 11.0. The number of ether oxygens (including phenoxy) is 2. The predicted octanol–water partition coefficient (Wildman–Crippen LogP) is 1.72. The predicted molar refractivity (Wildman–Crippen MR) is 71.7 cm³/mol. The maximum absolute atomic E-state index is 5.59. The van der Waals surface area contributed by atoms with Gasteiger partial charge in [-0.15, -0.1) is 0 Å². The second kappa shape index (κ2) is 6.76. The molecular weight excluding hydrogens is 226 g/mol. The fraction of sp³-hybridized carbons (Fsp3) is 0.600. The van der Waals surface area contributed by atoms with Crippen LogP contribution in [-0.2, 0) is 11.3 Å². The van der Waals surface area contributed by atoms with Crippen molar-refractivity contribution in [3.8, 4) is 5.75 Å². The van der Waals surface area contributed by atoms with Crippen LogP contribution in [0.3, 0.4) is 0 Å². The molecule has 0 bridgehead atoms. The molecule has 0 unspecified atom stereocenters. The molecular formula is C15H24NO2+. The van der Waals surface area contributed by atoms with Gasteiger partial charge in [-0.25, -0.2) is 0 Å². The van der Waals surface area contributed by atoms with E-state index in [2.05, 4.69) is 17.4 Å². The summed E-state index contributed by atoms with van der Waals surface area (Å²) in [7, 11) is 3.57. The summed E-state index contributed by atoms with van der Waals surface area (Å²) in [6.07, 6.45) is 5.50. The van der Waals surface area contributed by atoms with Gasteiger partial charge in [0.15, 0.2) is 0 Å². The number of hydrogen-bond acceptors (Lipinski definition) is 2.